The van der Waals surface area contributed by atoms with E-state index in [-0.39, 0.29) is 0 Å². The van der Waals surface area contributed by atoms with Crippen molar-refractivity contribution in [3.8, 4) is 0 Å². The van der Waals surface area contributed by atoms with Crippen LogP contribution in [-0.2, 0) is 0 Å². The molecule has 1 fully saturated rings. The fourth-order valence-electron chi connectivity index (χ4n) is 1.28. The Bertz CT molecular complexity index is 314. The number of halogens is 3. The molecule has 78 valence electrons. The van der Waals surface area contributed by atoms with Crippen molar-refractivity contribution < 1.29 is 13.2 Å². The fraction of sp³-hybridized carbons (Fsp3) is 0.625. The summed E-state index contributed by atoms with van der Waals surface area (Å²) >= 11 is 0. The molecule has 1 aliphatic carbocycles. The van der Waals surface area contributed by atoms with Crippen LogP contribution in [0.4, 0.5) is 19.1 Å². The van der Waals surface area contributed by atoms with E-state index in [1.807, 2.05) is 0 Å². The first-order valence-electron chi connectivity index (χ1n) is 4.40. The summed E-state index contributed by atoms with van der Waals surface area (Å²) in [5.74, 6) is 0.310. The number of nitrogens with zero attached hydrogens (tertiary/aromatic N) is 2. The molecule has 0 bridgehead atoms. The van der Waals surface area contributed by atoms with Crippen LogP contribution in [0.25, 0.3) is 0 Å². The summed E-state index contributed by atoms with van der Waals surface area (Å²) in [6.07, 6.45) is 1.07. The third-order valence-electron chi connectivity index (χ3n) is 2.06. The molecule has 14 heavy (non-hydrogen) atoms. The summed E-state index contributed by atoms with van der Waals surface area (Å²) in [6.45, 7) is -1.03. The molecule has 1 heterocycles. The first-order valence-corrected chi connectivity index (χ1v) is 4.40. The van der Waals surface area contributed by atoms with E-state index in [2.05, 4.69) is 10.3 Å². The zero-order valence-corrected chi connectivity index (χ0v) is 7.38. The molecule has 1 aromatic rings. The quantitative estimate of drug-likeness (QED) is 0.819. The van der Waals surface area contributed by atoms with Gasteiger partial charge in [-0.1, -0.05) is 0 Å². The summed E-state index contributed by atoms with van der Waals surface area (Å²) in [6, 6.07) is 0.341. The Morgan fingerprint density at radius 1 is 1.50 bits per heavy atom. The van der Waals surface area contributed by atoms with Gasteiger partial charge in [-0.25, -0.2) is 4.98 Å². The summed E-state index contributed by atoms with van der Waals surface area (Å²) in [5.41, 5.74) is 0. The van der Waals surface area contributed by atoms with Crippen LogP contribution in [0.1, 0.15) is 18.9 Å². The molecule has 0 spiro atoms. The zero-order chi connectivity index (χ0) is 10.2. The van der Waals surface area contributed by atoms with Crippen molar-refractivity contribution in [1.82, 2.24) is 9.55 Å². The van der Waals surface area contributed by atoms with Gasteiger partial charge in [0.05, 0.1) is 0 Å². The largest absolute Gasteiger partial charge is 0.405 e. The molecule has 1 aromatic heterocycles. The van der Waals surface area contributed by atoms with E-state index in [1.54, 1.807) is 10.8 Å². The van der Waals surface area contributed by atoms with Crippen LogP contribution in [0.5, 0.6) is 0 Å². The third-order valence-corrected chi connectivity index (χ3v) is 2.06. The maximum atomic E-state index is 11.9. The van der Waals surface area contributed by atoms with E-state index >= 15 is 0 Å². The highest BCUT2D eigenvalue weighted by Gasteiger charge is 2.29. The molecule has 1 aliphatic rings. The van der Waals surface area contributed by atoms with Gasteiger partial charge in [0.25, 0.3) is 0 Å². The standard InChI is InChI=1S/C8H10F3N3/c9-8(10,11)5-13-7-12-3-4-14(7)6-1-2-6/h3-4,6H,1-2,5H2,(H,12,13). The van der Waals surface area contributed by atoms with Gasteiger partial charge in [-0.2, -0.15) is 13.2 Å². The van der Waals surface area contributed by atoms with Crippen molar-refractivity contribution in [2.45, 2.75) is 25.1 Å². The molecule has 0 aliphatic heterocycles. The monoisotopic (exact) mass is 205 g/mol. The van der Waals surface area contributed by atoms with Gasteiger partial charge >= 0.3 is 6.18 Å². The van der Waals surface area contributed by atoms with Crippen molar-refractivity contribution in [3.63, 3.8) is 0 Å². The number of nitrogens with one attached hydrogen (secondary N) is 1. The number of anilines is 1. The molecule has 1 N–H and O–H groups in total. The number of rotatable bonds is 3. The first-order chi connectivity index (χ1) is 6.56. The first kappa shape index (κ1) is 9.36. The lowest BCUT2D eigenvalue weighted by atomic mass is 10.6. The van der Waals surface area contributed by atoms with E-state index in [0.29, 0.717) is 12.0 Å². The lowest BCUT2D eigenvalue weighted by Crippen LogP contribution is -2.22. The number of imidazole rings is 1. The predicted octanol–water partition coefficient (Wildman–Crippen LogP) is 2.19. The molecule has 2 rings (SSSR count). The van der Waals surface area contributed by atoms with Gasteiger partial charge in [0.15, 0.2) is 0 Å². The molecule has 3 nitrogen and oxygen atoms in total. The number of hydrogen-bond acceptors (Lipinski definition) is 2. The van der Waals surface area contributed by atoms with E-state index in [9.17, 15) is 13.2 Å². The fourth-order valence-corrected chi connectivity index (χ4v) is 1.28. The van der Waals surface area contributed by atoms with Crippen LogP contribution >= 0.6 is 0 Å². The molecular formula is C8H10F3N3. The average Bonchev–Trinajstić information content (AvgIpc) is 2.81. The Kier molecular flexibility index (Phi) is 2.13. The van der Waals surface area contributed by atoms with Crippen molar-refractivity contribution in [2.75, 3.05) is 11.9 Å². The van der Waals surface area contributed by atoms with E-state index < -0.39 is 12.7 Å². The Morgan fingerprint density at radius 2 is 2.21 bits per heavy atom. The predicted molar refractivity (Wildman–Crippen MR) is 45.0 cm³/mol. The summed E-state index contributed by atoms with van der Waals surface area (Å²) in [5, 5.41) is 2.28. The van der Waals surface area contributed by atoms with Crippen LogP contribution in [0.2, 0.25) is 0 Å². The normalized spacial score (nSPS) is 17.1. The topological polar surface area (TPSA) is 29.9 Å². The van der Waals surface area contributed by atoms with Gasteiger partial charge in [0.1, 0.15) is 6.54 Å². The highest BCUT2D eigenvalue weighted by atomic mass is 19.4. The SMILES string of the molecule is FC(F)(F)CNc1nccn1C1CC1. The van der Waals surface area contributed by atoms with Crippen LogP contribution in [0, 0.1) is 0 Å². The van der Waals surface area contributed by atoms with E-state index in [4.69, 9.17) is 0 Å². The van der Waals surface area contributed by atoms with Crippen LogP contribution in [-0.4, -0.2) is 22.3 Å². The van der Waals surface area contributed by atoms with Crippen LogP contribution in [0.3, 0.4) is 0 Å². The van der Waals surface area contributed by atoms with Gasteiger partial charge in [-0.3, -0.25) is 0 Å². The van der Waals surface area contributed by atoms with Gasteiger partial charge in [0.2, 0.25) is 5.95 Å². The van der Waals surface area contributed by atoms with Gasteiger partial charge in [0, 0.05) is 18.4 Å². The van der Waals surface area contributed by atoms with E-state index in [0.717, 1.165) is 12.8 Å². The third kappa shape index (κ3) is 2.18. The highest BCUT2D eigenvalue weighted by molar-refractivity contribution is 5.27. The van der Waals surface area contributed by atoms with Gasteiger partial charge in [-0.05, 0) is 12.8 Å². The van der Waals surface area contributed by atoms with E-state index in [1.165, 1.54) is 6.20 Å². The smallest absolute Gasteiger partial charge is 0.347 e. The number of aromatic nitrogens is 2. The van der Waals surface area contributed by atoms with Crippen LogP contribution < -0.4 is 5.32 Å². The minimum atomic E-state index is -4.19. The molecular weight excluding hydrogens is 195 g/mol. The second kappa shape index (κ2) is 3.18. The lowest BCUT2D eigenvalue weighted by molar-refractivity contribution is -0.115. The average molecular weight is 205 g/mol. The van der Waals surface area contributed by atoms with Crippen LogP contribution in [0.15, 0.2) is 12.4 Å². The summed E-state index contributed by atoms with van der Waals surface area (Å²) in [7, 11) is 0. The second-order valence-electron chi connectivity index (χ2n) is 3.36. The molecule has 0 aromatic carbocycles. The zero-order valence-electron chi connectivity index (χ0n) is 7.38. The Labute approximate surface area is 78.9 Å². The molecule has 0 radical (unpaired) electrons. The van der Waals surface area contributed by atoms with Crippen molar-refractivity contribution in [2.24, 2.45) is 0 Å². The van der Waals surface area contributed by atoms with Gasteiger partial charge < -0.3 is 9.88 Å². The van der Waals surface area contributed by atoms with Crippen molar-refractivity contribution in [1.29, 1.82) is 0 Å². The molecule has 6 heteroatoms. The molecule has 0 unspecified atom stereocenters. The minimum absolute atomic E-state index is 0.310. The Balaban J connectivity index is 1.98. The minimum Gasteiger partial charge on any atom is -0.347 e. The lowest BCUT2D eigenvalue weighted by Gasteiger charge is -2.10. The molecule has 0 atom stereocenters. The van der Waals surface area contributed by atoms with Crippen molar-refractivity contribution >= 4 is 5.95 Å². The van der Waals surface area contributed by atoms with Crippen molar-refractivity contribution in [3.05, 3.63) is 12.4 Å². The Hall–Kier alpha value is -1.20. The molecule has 1 saturated carbocycles. The Morgan fingerprint density at radius 3 is 2.79 bits per heavy atom. The second-order valence-corrected chi connectivity index (χ2v) is 3.36. The molecule has 0 amide bonds. The highest BCUT2D eigenvalue weighted by Crippen LogP contribution is 2.36. The number of alkyl halides is 3. The maximum absolute atomic E-state index is 11.9. The maximum Gasteiger partial charge on any atom is 0.405 e. The van der Waals surface area contributed by atoms with Gasteiger partial charge in [-0.15, -0.1) is 0 Å². The summed E-state index contributed by atoms with van der Waals surface area (Å²) < 4.78 is 37.4. The number of hydrogen-bond donors (Lipinski definition) is 1. The molecule has 0 saturated heterocycles. The summed E-state index contributed by atoms with van der Waals surface area (Å²) in [4.78, 5) is 3.83.